The number of aliphatic carboxylic acids is 1. The molecular formula is C11H18N2O4. The van der Waals surface area contributed by atoms with Gasteiger partial charge < -0.3 is 20.0 Å². The van der Waals surface area contributed by atoms with Crippen molar-refractivity contribution in [2.75, 3.05) is 26.2 Å². The Kier molecular flexibility index (Phi) is 4.96. The number of nitrogens with zero attached hydrogens (tertiary/aromatic N) is 2. The highest BCUT2D eigenvalue weighted by molar-refractivity contribution is 5.81. The molecule has 6 nitrogen and oxygen atoms in total. The highest BCUT2D eigenvalue weighted by Gasteiger charge is 2.35. The fraction of sp³-hybridized carbons (Fsp3) is 0.636. The number of hydrogen-bond acceptors (Lipinski definition) is 3. The second kappa shape index (κ2) is 6.24. The van der Waals surface area contributed by atoms with Gasteiger partial charge in [0.15, 0.2) is 0 Å². The van der Waals surface area contributed by atoms with Crippen molar-refractivity contribution in [1.82, 2.24) is 9.80 Å². The van der Waals surface area contributed by atoms with E-state index in [0.717, 1.165) is 12.8 Å². The maximum atomic E-state index is 12.1. The van der Waals surface area contributed by atoms with E-state index in [0.29, 0.717) is 6.54 Å². The number of rotatable bonds is 7. The van der Waals surface area contributed by atoms with Gasteiger partial charge in [-0.1, -0.05) is 6.08 Å². The number of hydrogen-bond donors (Lipinski definition) is 2. The van der Waals surface area contributed by atoms with E-state index in [-0.39, 0.29) is 31.8 Å². The molecule has 0 aromatic heterocycles. The lowest BCUT2D eigenvalue weighted by Gasteiger charge is -2.28. The Morgan fingerprint density at radius 3 is 2.47 bits per heavy atom. The lowest BCUT2D eigenvalue weighted by molar-refractivity contribution is -0.137. The second-order valence-corrected chi connectivity index (χ2v) is 3.99. The van der Waals surface area contributed by atoms with Gasteiger partial charge in [-0.25, -0.2) is 4.79 Å². The molecule has 0 bridgehead atoms. The molecule has 1 rings (SSSR count). The summed E-state index contributed by atoms with van der Waals surface area (Å²) in [6, 6.07) is -0.312. The predicted octanol–water partition coefficient (Wildman–Crippen LogP) is 0.136. The number of carbonyl (C=O) groups is 2. The predicted molar refractivity (Wildman–Crippen MR) is 61.6 cm³/mol. The summed E-state index contributed by atoms with van der Waals surface area (Å²) in [5, 5.41) is 17.6. The van der Waals surface area contributed by atoms with Gasteiger partial charge in [-0.05, 0) is 12.8 Å². The fourth-order valence-electron chi connectivity index (χ4n) is 1.61. The van der Waals surface area contributed by atoms with Gasteiger partial charge in [0.25, 0.3) is 0 Å². The molecule has 1 saturated carbocycles. The summed E-state index contributed by atoms with van der Waals surface area (Å²) in [7, 11) is 0. The average Bonchev–Trinajstić information content (AvgIpc) is 3.08. The minimum atomic E-state index is -1.02. The van der Waals surface area contributed by atoms with E-state index < -0.39 is 5.97 Å². The molecule has 6 heteroatoms. The van der Waals surface area contributed by atoms with Gasteiger partial charge >= 0.3 is 12.0 Å². The highest BCUT2D eigenvalue weighted by Crippen LogP contribution is 2.27. The average molecular weight is 242 g/mol. The molecule has 0 atom stereocenters. The molecule has 1 aliphatic carbocycles. The molecule has 17 heavy (non-hydrogen) atoms. The molecule has 0 aromatic carbocycles. The van der Waals surface area contributed by atoms with Crippen LogP contribution < -0.4 is 0 Å². The third kappa shape index (κ3) is 4.07. The first-order valence-electron chi connectivity index (χ1n) is 5.59. The smallest absolute Gasteiger partial charge is 0.323 e. The first-order chi connectivity index (χ1) is 8.10. The minimum absolute atomic E-state index is 0.0320. The molecule has 2 N–H and O–H groups in total. The molecule has 1 fully saturated rings. The third-order valence-corrected chi connectivity index (χ3v) is 2.53. The zero-order valence-electron chi connectivity index (χ0n) is 9.71. The van der Waals surface area contributed by atoms with Gasteiger partial charge in [0.1, 0.15) is 6.54 Å². The quantitative estimate of drug-likeness (QED) is 0.622. The largest absolute Gasteiger partial charge is 0.480 e. The van der Waals surface area contributed by atoms with Crippen LogP contribution in [0, 0.1) is 0 Å². The molecule has 0 unspecified atom stereocenters. The van der Waals surface area contributed by atoms with Crippen LogP contribution in [0.5, 0.6) is 0 Å². The molecule has 0 heterocycles. The number of carbonyl (C=O) groups excluding carboxylic acids is 1. The Balaban J connectivity index is 2.66. The molecule has 0 spiro atoms. The summed E-state index contributed by atoms with van der Waals surface area (Å²) in [5.74, 6) is -1.02. The minimum Gasteiger partial charge on any atom is -0.480 e. The lowest BCUT2D eigenvalue weighted by atomic mass is 10.4. The van der Waals surface area contributed by atoms with Crippen molar-refractivity contribution in [3.05, 3.63) is 12.7 Å². The van der Waals surface area contributed by atoms with Crippen LogP contribution in [0.15, 0.2) is 12.7 Å². The number of aliphatic hydroxyl groups is 1. The van der Waals surface area contributed by atoms with Crippen molar-refractivity contribution in [3.8, 4) is 0 Å². The normalized spacial score (nSPS) is 14.2. The van der Waals surface area contributed by atoms with E-state index in [1.165, 1.54) is 9.80 Å². The van der Waals surface area contributed by atoms with Gasteiger partial charge in [-0.3, -0.25) is 4.79 Å². The maximum Gasteiger partial charge on any atom is 0.323 e. The van der Waals surface area contributed by atoms with Gasteiger partial charge in [-0.2, -0.15) is 0 Å². The van der Waals surface area contributed by atoms with E-state index >= 15 is 0 Å². The van der Waals surface area contributed by atoms with E-state index in [2.05, 4.69) is 6.58 Å². The van der Waals surface area contributed by atoms with Crippen molar-refractivity contribution in [2.24, 2.45) is 0 Å². The zero-order chi connectivity index (χ0) is 12.8. The Morgan fingerprint density at radius 1 is 1.41 bits per heavy atom. The van der Waals surface area contributed by atoms with E-state index in [1.54, 1.807) is 6.08 Å². The first-order valence-corrected chi connectivity index (χ1v) is 5.59. The van der Waals surface area contributed by atoms with Crippen molar-refractivity contribution >= 4 is 12.0 Å². The highest BCUT2D eigenvalue weighted by atomic mass is 16.4. The van der Waals surface area contributed by atoms with Crippen molar-refractivity contribution in [2.45, 2.75) is 18.9 Å². The van der Waals surface area contributed by atoms with Crippen LogP contribution in [0.25, 0.3) is 0 Å². The molecule has 0 aromatic rings. The Labute approximate surface area is 100 Å². The Bertz CT molecular complexity index is 302. The van der Waals surface area contributed by atoms with Crippen LogP contribution in [0.4, 0.5) is 4.79 Å². The second-order valence-electron chi connectivity index (χ2n) is 3.99. The zero-order valence-corrected chi connectivity index (χ0v) is 9.71. The van der Waals surface area contributed by atoms with Gasteiger partial charge in [-0.15, -0.1) is 6.58 Å². The number of aliphatic hydroxyl groups excluding tert-OH is 1. The van der Waals surface area contributed by atoms with E-state index in [9.17, 15) is 9.59 Å². The van der Waals surface area contributed by atoms with Gasteiger partial charge in [0, 0.05) is 19.1 Å². The topological polar surface area (TPSA) is 81.1 Å². The summed E-state index contributed by atoms with van der Waals surface area (Å²) in [6.07, 6.45) is 3.25. The SMILES string of the molecule is C=CCN(CCO)C(=O)N(CC(=O)O)C1CC1. The summed E-state index contributed by atoms with van der Waals surface area (Å²) in [4.78, 5) is 25.5. The summed E-state index contributed by atoms with van der Waals surface area (Å²) >= 11 is 0. The molecule has 1 aliphatic rings. The molecular weight excluding hydrogens is 224 g/mol. The third-order valence-electron chi connectivity index (χ3n) is 2.53. The number of amides is 2. The van der Waals surface area contributed by atoms with Crippen LogP contribution in [0.1, 0.15) is 12.8 Å². The number of carboxylic acid groups (broad SMARTS) is 1. The first kappa shape index (κ1) is 13.5. The van der Waals surface area contributed by atoms with E-state index in [1.807, 2.05) is 0 Å². The fourth-order valence-corrected chi connectivity index (χ4v) is 1.61. The number of carboxylic acids is 1. The van der Waals surface area contributed by atoms with Crippen LogP contribution in [-0.2, 0) is 4.79 Å². The lowest BCUT2D eigenvalue weighted by Crippen LogP contribution is -2.47. The van der Waals surface area contributed by atoms with Crippen LogP contribution in [0.2, 0.25) is 0 Å². The van der Waals surface area contributed by atoms with Crippen molar-refractivity contribution in [3.63, 3.8) is 0 Å². The molecule has 96 valence electrons. The standard InChI is InChI=1S/C11H18N2O4/c1-2-5-12(6-7-14)11(17)13(8-10(15)16)9-3-4-9/h2,9,14H,1,3-8H2,(H,15,16). The molecule has 0 radical (unpaired) electrons. The van der Waals surface area contributed by atoms with E-state index in [4.69, 9.17) is 10.2 Å². The summed E-state index contributed by atoms with van der Waals surface area (Å²) in [6.45, 7) is 3.59. The Morgan fingerprint density at radius 2 is 2.06 bits per heavy atom. The van der Waals surface area contributed by atoms with Crippen LogP contribution in [-0.4, -0.2) is 64.3 Å². The molecule has 0 aliphatic heterocycles. The van der Waals surface area contributed by atoms with Crippen molar-refractivity contribution < 1.29 is 19.8 Å². The van der Waals surface area contributed by atoms with Crippen molar-refractivity contribution in [1.29, 1.82) is 0 Å². The van der Waals surface area contributed by atoms with Crippen LogP contribution >= 0.6 is 0 Å². The van der Waals surface area contributed by atoms with Gasteiger partial charge in [0.2, 0.25) is 0 Å². The maximum absolute atomic E-state index is 12.1. The Hall–Kier alpha value is -1.56. The molecule has 2 amide bonds. The monoisotopic (exact) mass is 242 g/mol. The van der Waals surface area contributed by atoms with Gasteiger partial charge in [0.05, 0.1) is 6.61 Å². The molecule has 0 saturated heterocycles. The van der Waals surface area contributed by atoms with Crippen LogP contribution in [0.3, 0.4) is 0 Å². The number of urea groups is 1. The summed E-state index contributed by atoms with van der Waals surface area (Å²) in [5.41, 5.74) is 0. The summed E-state index contributed by atoms with van der Waals surface area (Å²) < 4.78 is 0.